The average Bonchev–Trinajstić information content (AvgIpc) is 2.82. The monoisotopic (exact) mass is 294 g/mol. The van der Waals surface area contributed by atoms with Crippen molar-refractivity contribution in [3.05, 3.63) is 35.6 Å². The van der Waals surface area contributed by atoms with Gasteiger partial charge in [-0.15, -0.1) is 0 Å². The van der Waals surface area contributed by atoms with Gasteiger partial charge in [-0.1, -0.05) is 12.1 Å². The number of aliphatic carboxylic acids is 1. The zero-order valence-corrected chi connectivity index (χ0v) is 12.2. The van der Waals surface area contributed by atoms with Crippen LogP contribution in [0.2, 0.25) is 0 Å². The molecular formula is C15H19FN2O3. The number of halogens is 1. The largest absolute Gasteiger partial charge is 0.481 e. The highest BCUT2D eigenvalue weighted by Crippen LogP contribution is 2.30. The van der Waals surface area contributed by atoms with Crippen LogP contribution in [0.15, 0.2) is 24.3 Å². The molecule has 0 radical (unpaired) electrons. The van der Waals surface area contributed by atoms with Crippen LogP contribution in [-0.4, -0.2) is 47.0 Å². The summed E-state index contributed by atoms with van der Waals surface area (Å²) in [5, 5.41) is 9.18. The minimum atomic E-state index is -0.884. The number of carboxylic acids is 1. The van der Waals surface area contributed by atoms with E-state index in [0.717, 1.165) is 0 Å². The van der Waals surface area contributed by atoms with E-state index < -0.39 is 11.4 Å². The van der Waals surface area contributed by atoms with E-state index in [2.05, 4.69) is 0 Å². The van der Waals surface area contributed by atoms with Crippen molar-refractivity contribution in [1.82, 2.24) is 9.80 Å². The van der Waals surface area contributed by atoms with Crippen molar-refractivity contribution in [1.29, 1.82) is 0 Å². The molecule has 1 unspecified atom stereocenters. The van der Waals surface area contributed by atoms with E-state index in [-0.39, 0.29) is 24.9 Å². The molecular weight excluding hydrogens is 275 g/mol. The van der Waals surface area contributed by atoms with Gasteiger partial charge in [0, 0.05) is 26.7 Å². The third kappa shape index (κ3) is 3.32. The molecule has 0 aromatic heterocycles. The molecule has 1 aromatic rings. The maximum atomic E-state index is 13.1. The molecule has 1 atom stereocenters. The van der Waals surface area contributed by atoms with Crippen LogP contribution >= 0.6 is 0 Å². The summed E-state index contributed by atoms with van der Waals surface area (Å²) in [5.74, 6) is -1.22. The molecule has 5 nitrogen and oxygen atoms in total. The van der Waals surface area contributed by atoms with Crippen LogP contribution in [0.4, 0.5) is 9.18 Å². The van der Waals surface area contributed by atoms with Gasteiger partial charge in [0.2, 0.25) is 0 Å². The number of amides is 2. The zero-order valence-electron chi connectivity index (χ0n) is 12.2. The molecule has 1 fully saturated rings. The van der Waals surface area contributed by atoms with E-state index in [1.54, 1.807) is 26.1 Å². The Hall–Kier alpha value is -2.11. The first-order valence-electron chi connectivity index (χ1n) is 6.80. The molecule has 1 aliphatic heterocycles. The van der Waals surface area contributed by atoms with Gasteiger partial charge in [-0.25, -0.2) is 9.18 Å². The summed E-state index contributed by atoms with van der Waals surface area (Å²) in [7, 11) is 1.63. The number of nitrogens with zero attached hydrogens (tertiary/aromatic N) is 2. The summed E-state index contributed by atoms with van der Waals surface area (Å²) in [6, 6.07) is 5.85. The highest BCUT2D eigenvalue weighted by atomic mass is 19.1. The number of hydrogen-bond donors (Lipinski definition) is 1. The normalized spacial score (nSPS) is 21.4. The number of carbonyl (C=O) groups excluding carboxylic acids is 1. The van der Waals surface area contributed by atoms with E-state index in [9.17, 15) is 19.1 Å². The Bertz CT molecular complexity index is 564. The summed E-state index contributed by atoms with van der Waals surface area (Å²) in [6.45, 7) is 2.57. The smallest absolute Gasteiger partial charge is 0.320 e. The molecule has 0 spiro atoms. The molecule has 1 aromatic carbocycles. The molecule has 21 heavy (non-hydrogen) atoms. The Morgan fingerprint density at radius 3 is 2.76 bits per heavy atom. The van der Waals surface area contributed by atoms with Crippen molar-refractivity contribution in [2.45, 2.75) is 19.9 Å². The number of carboxylic acid groups (broad SMARTS) is 1. The Balaban J connectivity index is 1.99. The maximum Gasteiger partial charge on any atom is 0.320 e. The lowest BCUT2D eigenvalue weighted by Gasteiger charge is -2.26. The van der Waals surface area contributed by atoms with Crippen molar-refractivity contribution < 1.29 is 19.1 Å². The highest BCUT2D eigenvalue weighted by Gasteiger charge is 2.42. The first-order chi connectivity index (χ1) is 9.82. The minimum absolute atomic E-state index is 0.203. The summed E-state index contributed by atoms with van der Waals surface area (Å²) in [6.07, 6.45) is 0.446. The highest BCUT2D eigenvalue weighted by molar-refractivity contribution is 5.79. The fraction of sp³-hybridized carbons (Fsp3) is 0.467. The van der Waals surface area contributed by atoms with Gasteiger partial charge in [0.1, 0.15) is 5.82 Å². The molecule has 0 aliphatic carbocycles. The van der Waals surface area contributed by atoms with E-state index in [1.165, 1.54) is 21.9 Å². The van der Waals surface area contributed by atoms with Crippen molar-refractivity contribution >= 4 is 12.0 Å². The van der Waals surface area contributed by atoms with Crippen molar-refractivity contribution in [3.8, 4) is 0 Å². The van der Waals surface area contributed by atoms with Gasteiger partial charge in [0.15, 0.2) is 0 Å². The van der Waals surface area contributed by atoms with Gasteiger partial charge >= 0.3 is 12.0 Å². The standard InChI is InChI=1S/C15H19FN2O3/c1-15(13(19)20)6-7-18(10-15)14(21)17(2)9-11-4-3-5-12(16)8-11/h3-5,8H,6-7,9-10H2,1-2H3,(H,19,20). The Morgan fingerprint density at radius 2 is 2.19 bits per heavy atom. The van der Waals surface area contributed by atoms with Crippen molar-refractivity contribution in [3.63, 3.8) is 0 Å². The average molecular weight is 294 g/mol. The molecule has 114 valence electrons. The summed E-state index contributed by atoms with van der Waals surface area (Å²) in [5.41, 5.74) is -0.180. The SMILES string of the molecule is CN(Cc1cccc(F)c1)C(=O)N1CCC(C)(C(=O)O)C1. The van der Waals surface area contributed by atoms with Crippen molar-refractivity contribution in [2.75, 3.05) is 20.1 Å². The Kier molecular flexibility index (Phi) is 4.16. The molecule has 1 saturated heterocycles. The number of benzene rings is 1. The van der Waals surface area contributed by atoms with Crippen molar-refractivity contribution in [2.24, 2.45) is 5.41 Å². The van der Waals surface area contributed by atoms with Gasteiger partial charge in [0.25, 0.3) is 0 Å². The third-order valence-corrected chi connectivity index (χ3v) is 3.90. The molecule has 2 rings (SSSR count). The molecule has 1 heterocycles. The lowest BCUT2D eigenvalue weighted by Crippen LogP contribution is -2.41. The fourth-order valence-electron chi connectivity index (χ4n) is 2.52. The van der Waals surface area contributed by atoms with Gasteiger partial charge in [0.05, 0.1) is 5.41 Å². The second kappa shape index (κ2) is 5.71. The quantitative estimate of drug-likeness (QED) is 0.929. The summed E-state index contributed by atoms with van der Waals surface area (Å²) >= 11 is 0. The maximum absolute atomic E-state index is 13.1. The Labute approximate surface area is 123 Å². The predicted octanol–water partition coefficient (Wildman–Crippen LogP) is 2.17. The topological polar surface area (TPSA) is 60.9 Å². The lowest BCUT2D eigenvalue weighted by molar-refractivity contribution is -0.147. The number of hydrogen-bond acceptors (Lipinski definition) is 2. The molecule has 0 saturated carbocycles. The van der Waals surface area contributed by atoms with E-state index in [1.807, 2.05) is 0 Å². The van der Waals surface area contributed by atoms with E-state index >= 15 is 0 Å². The van der Waals surface area contributed by atoms with Crippen LogP contribution < -0.4 is 0 Å². The van der Waals surface area contributed by atoms with Gasteiger partial charge < -0.3 is 14.9 Å². The number of likely N-dealkylation sites (tertiary alicyclic amines) is 1. The predicted molar refractivity (Wildman–Crippen MR) is 75.2 cm³/mol. The zero-order chi connectivity index (χ0) is 15.6. The van der Waals surface area contributed by atoms with Gasteiger partial charge in [-0.05, 0) is 31.0 Å². The van der Waals surface area contributed by atoms with Crippen LogP contribution in [0.25, 0.3) is 0 Å². The summed E-state index contributed by atoms with van der Waals surface area (Å²) in [4.78, 5) is 26.5. The van der Waals surface area contributed by atoms with Crippen LogP contribution in [0.1, 0.15) is 18.9 Å². The summed E-state index contributed by atoms with van der Waals surface area (Å²) < 4.78 is 13.1. The first kappa shape index (κ1) is 15.3. The molecule has 0 bridgehead atoms. The minimum Gasteiger partial charge on any atom is -0.481 e. The van der Waals surface area contributed by atoms with Gasteiger partial charge in [-0.3, -0.25) is 4.79 Å². The van der Waals surface area contributed by atoms with Crippen LogP contribution in [-0.2, 0) is 11.3 Å². The second-order valence-corrected chi connectivity index (χ2v) is 5.81. The van der Waals surface area contributed by atoms with Crippen LogP contribution in [0.3, 0.4) is 0 Å². The number of urea groups is 1. The number of carbonyl (C=O) groups is 2. The fourth-order valence-corrected chi connectivity index (χ4v) is 2.52. The molecule has 6 heteroatoms. The Morgan fingerprint density at radius 1 is 1.48 bits per heavy atom. The molecule has 1 aliphatic rings. The van der Waals surface area contributed by atoms with E-state index in [0.29, 0.717) is 18.5 Å². The van der Waals surface area contributed by atoms with Crippen LogP contribution in [0, 0.1) is 11.2 Å². The molecule has 2 amide bonds. The van der Waals surface area contributed by atoms with Crippen LogP contribution in [0.5, 0.6) is 0 Å². The van der Waals surface area contributed by atoms with E-state index in [4.69, 9.17) is 0 Å². The molecule has 1 N–H and O–H groups in total. The third-order valence-electron chi connectivity index (χ3n) is 3.90. The van der Waals surface area contributed by atoms with Gasteiger partial charge in [-0.2, -0.15) is 0 Å². The first-order valence-corrected chi connectivity index (χ1v) is 6.80. The number of rotatable bonds is 3. The lowest BCUT2D eigenvalue weighted by atomic mass is 9.90. The second-order valence-electron chi connectivity index (χ2n) is 5.81.